The molecule has 1 fully saturated rings. The maximum Gasteiger partial charge on any atom is 0.0868 e. The molecule has 1 aliphatic heterocycles. The highest BCUT2D eigenvalue weighted by atomic mass is 35.5. The Morgan fingerprint density at radius 3 is 2.88 bits per heavy atom. The van der Waals surface area contributed by atoms with Crippen LogP contribution in [-0.2, 0) is 0 Å². The number of aromatic nitrogens is 3. The second kappa shape index (κ2) is 3.79. The first-order chi connectivity index (χ1) is 7.84. The summed E-state index contributed by atoms with van der Waals surface area (Å²) in [6.45, 7) is 1.90. The second-order valence-corrected chi connectivity index (χ2v) is 4.28. The molecular weight excluding hydrogens is 224 g/mol. The van der Waals surface area contributed by atoms with Gasteiger partial charge in [-0.25, -0.2) is 0 Å². The predicted molar refractivity (Wildman–Crippen MR) is 62.7 cm³/mol. The maximum atomic E-state index is 6.08. The van der Waals surface area contributed by atoms with E-state index in [-0.39, 0.29) is 0 Å². The van der Waals surface area contributed by atoms with Gasteiger partial charge in [0.2, 0.25) is 0 Å². The molecule has 0 N–H and O–H groups in total. The number of anilines is 1. The summed E-state index contributed by atoms with van der Waals surface area (Å²) in [5.41, 5.74) is 1.06. The maximum absolute atomic E-state index is 6.08. The zero-order chi connectivity index (χ0) is 11.0. The third-order valence-electron chi connectivity index (χ3n) is 2.85. The van der Waals surface area contributed by atoms with E-state index < -0.39 is 0 Å². The summed E-state index contributed by atoms with van der Waals surface area (Å²) in [7, 11) is 0. The smallest absolute Gasteiger partial charge is 0.0868 e. The van der Waals surface area contributed by atoms with E-state index in [1.807, 2.05) is 29.2 Å². The van der Waals surface area contributed by atoms with Crippen molar-refractivity contribution in [3.8, 4) is 0 Å². The summed E-state index contributed by atoms with van der Waals surface area (Å²) in [4.78, 5) is 6.21. The van der Waals surface area contributed by atoms with Crippen LogP contribution in [0.25, 0.3) is 0 Å². The number of nitrogens with zero attached hydrogens (tertiary/aromatic N) is 4. The Balaban J connectivity index is 1.72. The van der Waals surface area contributed by atoms with Gasteiger partial charge in [-0.15, -0.1) is 0 Å². The molecule has 82 valence electrons. The number of hydrogen-bond acceptors (Lipinski definition) is 3. The van der Waals surface area contributed by atoms with Crippen LogP contribution in [0.5, 0.6) is 0 Å². The molecule has 0 unspecified atom stereocenters. The largest absolute Gasteiger partial charge is 0.366 e. The van der Waals surface area contributed by atoms with E-state index in [0.29, 0.717) is 11.1 Å². The fraction of sp³-hybridized carbons (Fsp3) is 0.273. The van der Waals surface area contributed by atoms with E-state index in [1.54, 1.807) is 12.4 Å². The lowest BCUT2D eigenvalue weighted by atomic mass is 10.1. The average molecular weight is 235 g/mol. The minimum absolute atomic E-state index is 0.458. The highest BCUT2D eigenvalue weighted by Gasteiger charge is 2.29. The third kappa shape index (κ3) is 1.55. The highest BCUT2D eigenvalue weighted by Crippen LogP contribution is 2.31. The Labute approximate surface area is 98.5 Å². The van der Waals surface area contributed by atoms with Crippen molar-refractivity contribution in [2.24, 2.45) is 0 Å². The summed E-state index contributed by atoms with van der Waals surface area (Å²) in [6.07, 6.45) is 7.25. The molecular formula is C11H11ClN4. The molecule has 4 nitrogen and oxygen atoms in total. The molecule has 16 heavy (non-hydrogen) atoms. The van der Waals surface area contributed by atoms with Crippen LogP contribution >= 0.6 is 11.6 Å². The number of pyridine rings is 1. The standard InChI is InChI=1S/C11H11ClN4/c12-10-6-13-4-2-11(10)15-7-9(8-15)16-5-1-3-14-16/h1-6,9H,7-8H2. The molecule has 3 heterocycles. The zero-order valence-corrected chi connectivity index (χ0v) is 9.38. The van der Waals surface area contributed by atoms with Gasteiger partial charge in [0.1, 0.15) is 0 Å². The summed E-state index contributed by atoms with van der Waals surface area (Å²) in [5, 5.41) is 4.94. The molecule has 1 aliphatic rings. The van der Waals surface area contributed by atoms with Crippen LogP contribution in [-0.4, -0.2) is 27.9 Å². The van der Waals surface area contributed by atoms with Crippen LogP contribution in [0.4, 0.5) is 5.69 Å². The molecule has 0 atom stereocenters. The van der Waals surface area contributed by atoms with Crippen LogP contribution in [0.3, 0.4) is 0 Å². The third-order valence-corrected chi connectivity index (χ3v) is 3.14. The summed E-state index contributed by atoms with van der Waals surface area (Å²) in [6, 6.07) is 4.35. The van der Waals surface area contributed by atoms with Gasteiger partial charge in [-0.3, -0.25) is 9.67 Å². The minimum Gasteiger partial charge on any atom is -0.366 e. The van der Waals surface area contributed by atoms with Crippen LogP contribution in [0, 0.1) is 0 Å². The number of halogens is 1. The fourth-order valence-electron chi connectivity index (χ4n) is 1.94. The topological polar surface area (TPSA) is 34.0 Å². The SMILES string of the molecule is Clc1cnccc1N1CC(n2cccn2)C1. The molecule has 0 aliphatic carbocycles. The minimum atomic E-state index is 0.458. The molecule has 0 aromatic carbocycles. The molecule has 1 saturated heterocycles. The molecule has 3 rings (SSSR count). The van der Waals surface area contributed by atoms with Gasteiger partial charge in [0, 0.05) is 37.9 Å². The van der Waals surface area contributed by atoms with Crippen molar-refractivity contribution in [3.63, 3.8) is 0 Å². The van der Waals surface area contributed by atoms with Crippen molar-refractivity contribution in [2.75, 3.05) is 18.0 Å². The van der Waals surface area contributed by atoms with Crippen molar-refractivity contribution in [1.29, 1.82) is 0 Å². The van der Waals surface area contributed by atoms with Gasteiger partial charge in [0.25, 0.3) is 0 Å². The Hall–Kier alpha value is -1.55. The molecule has 5 heteroatoms. The highest BCUT2D eigenvalue weighted by molar-refractivity contribution is 6.33. The van der Waals surface area contributed by atoms with E-state index in [1.165, 1.54) is 0 Å². The first-order valence-electron chi connectivity index (χ1n) is 5.18. The van der Waals surface area contributed by atoms with Crippen LogP contribution in [0.2, 0.25) is 5.02 Å². The summed E-state index contributed by atoms with van der Waals surface area (Å²) in [5.74, 6) is 0. The van der Waals surface area contributed by atoms with Gasteiger partial charge in [-0.1, -0.05) is 11.6 Å². The van der Waals surface area contributed by atoms with Gasteiger partial charge < -0.3 is 4.90 Å². The normalized spacial score (nSPS) is 16.2. The lowest BCUT2D eigenvalue weighted by Crippen LogP contribution is -2.48. The van der Waals surface area contributed by atoms with E-state index in [2.05, 4.69) is 15.0 Å². The Morgan fingerprint density at radius 2 is 2.19 bits per heavy atom. The Bertz CT molecular complexity index is 476. The van der Waals surface area contributed by atoms with Gasteiger partial charge >= 0.3 is 0 Å². The van der Waals surface area contributed by atoms with Crippen LogP contribution in [0.1, 0.15) is 6.04 Å². The first-order valence-corrected chi connectivity index (χ1v) is 5.56. The Morgan fingerprint density at radius 1 is 1.31 bits per heavy atom. The molecule has 0 spiro atoms. The van der Waals surface area contributed by atoms with Gasteiger partial charge in [0.05, 0.1) is 16.8 Å². The summed E-state index contributed by atoms with van der Waals surface area (Å²) >= 11 is 6.08. The quantitative estimate of drug-likeness (QED) is 0.797. The lowest BCUT2D eigenvalue weighted by Gasteiger charge is -2.41. The van der Waals surface area contributed by atoms with E-state index in [9.17, 15) is 0 Å². The van der Waals surface area contributed by atoms with Crippen molar-refractivity contribution in [2.45, 2.75) is 6.04 Å². The monoisotopic (exact) mass is 234 g/mol. The molecule has 2 aromatic heterocycles. The molecule has 0 amide bonds. The molecule has 0 bridgehead atoms. The van der Waals surface area contributed by atoms with E-state index in [4.69, 9.17) is 11.6 Å². The molecule has 0 saturated carbocycles. The zero-order valence-electron chi connectivity index (χ0n) is 8.62. The van der Waals surface area contributed by atoms with Crippen LogP contribution < -0.4 is 4.90 Å². The van der Waals surface area contributed by atoms with Gasteiger partial charge in [0.15, 0.2) is 0 Å². The average Bonchev–Trinajstić information content (AvgIpc) is 2.72. The van der Waals surface area contributed by atoms with Crippen LogP contribution in [0.15, 0.2) is 36.9 Å². The molecule has 0 radical (unpaired) electrons. The van der Waals surface area contributed by atoms with E-state index in [0.717, 1.165) is 18.8 Å². The first kappa shape index (κ1) is 9.66. The van der Waals surface area contributed by atoms with E-state index >= 15 is 0 Å². The lowest BCUT2D eigenvalue weighted by molar-refractivity contribution is 0.368. The Kier molecular flexibility index (Phi) is 2.29. The van der Waals surface area contributed by atoms with Crippen molar-refractivity contribution >= 4 is 17.3 Å². The predicted octanol–water partition coefficient (Wildman–Crippen LogP) is 1.99. The van der Waals surface area contributed by atoms with Crippen molar-refractivity contribution < 1.29 is 0 Å². The summed E-state index contributed by atoms with van der Waals surface area (Å²) < 4.78 is 1.99. The van der Waals surface area contributed by atoms with Crippen molar-refractivity contribution in [3.05, 3.63) is 41.9 Å². The van der Waals surface area contributed by atoms with Gasteiger partial charge in [-0.2, -0.15) is 5.10 Å². The molecule has 2 aromatic rings. The number of hydrogen-bond donors (Lipinski definition) is 0. The fourth-order valence-corrected chi connectivity index (χ4v) is 2.18. The number of rotatable bonds is 2. The second-order valence-electron chi connectivity index (χ2n) is 3.87. The van der Waals surface area contributed by atoms with Crippen molar-refractivity contribution in [1.82, 2.24) is 14.8 Å². The van der Waals surface area contributed by atoms with Gasteiger partial charge in [-0.05, 0) is 12.1 Å².